The second kappa shape index (κ2) is 4.51. The number of nitrogens with one attached hydrogen (secondary N) is 1. The van der Waals surface area contributed by atoms with Crippen molar-refractivity contribution in [3.8, 4) is 0 Å². The number of rotatable bonds is 1. The second-order valence-corrected chi connectivity index (χ2v) is 2.05. The Morgan fingerprint density at radius 3 is 2.50 bits per heavy atom. The number of aryl methyl sites for hydroxylation is 1. The first-order valence-electron chi connectivity index (χ1n) is 2.98. The van der Waals surface area contributed by atoms with Gasteiger partial charge in [0, 0.05) is 21.1 Å². The molecule has 0 heterocycles. The van der Waals surface area contributed by atoms with Crippen LogP contribution in [0, 0.1) is 13.0 Å². The molecule has 1 aromatic carbocycles. The molecule has 0 aromatic heterocycles. The van der Waals surface area contributed by atoms with E-state index in [1.54, 1.807) is 0 Å². The van der Waals surface area contributed by atoms with Gasteiger partial charge in [-0.15, -0.1) is 6.07 Å². The van der Waals surface area contributed by atoms with Gasteiger partial charge in [-0.25, -0.2) is 0 Å². The average Bonchev–Trinajstić information content (AvgIpc) is 1.88. The molecular weight excluding hydrogens is 294 g/mol. The van der Waals surface area contributed by atoms with Gasteiger partial charge in [0.05, 0.1) is 0 Å². The Labute approximate surface area is 76.1 Å². The summed E-state index contributed by atoms with van der Waals surface area (Å²) in [4.78, 5) is 0. The minimum absolute atomic E-state index is 0. The summed E-state index contributed by atoms with van der Waals surface area (Å²) in [6.45, 7) is 2.05. The van der Waals surface area contributed by atoms with Crippen molar-refractivity contribution in [3.63, 3.8) is 0 Å². The van der Waals surface area contributed by atoms with Crippen molar-refractivity contribution >= 4 is 5.69 Å². The SMILES string of the molecule is CNc1c[c-]cc(C)c1.[W]. The summed E-state index contributed by atoms with van der Waals surface area (Å²) in [5.74, 6) is 0. The third kappa shape index (κ3) is 2.53. The number of benzene rings is 1. The quantitative estimate of drug-likeness (QED) is 0.781. The monoisotopic (exact) mass is 304 g/mol. The zero-order valence-electron chi connectivity index (χ0n) is 6.14. The molecule has 0 aliphatic carbocycles. The molecular formula is C8H10NW-. The fraction of sp³-hybridized carbons (Fsp3) is 0.250. The molecule has 0 spiro atoms. The third-order valence-electron chi connectivity index (χ3n) is 1.22. The van der Waals surface area contributed by atoms with Crippen molar-refractivity contribution in [2.24, 2.45) is 0 Å². The van der Waals surface area contributed by atoms with Gasteiger partial charge in [-0.1, -0.05) is 12.6 Å². The van der Waals surface area contributed by atoms with Crippen LogP contribution in [0.15, 0.2) is 18.2 Å². The number of hydrogen-bond acceptors (Lipinski definition) is 1. The molecule has 1 N–H and O–H groups in total. The van der Waals surface area contributed by atoms with E-state index in [0.29, 0.717) is 0 Å². The van der Waals surface area contributed by atoms with Crippen molar-refractivity contribution in [3.05, 3.63) is 29.8 Å². The molecule has 0 atom stereocenters. The second-order valence-electron chi connectivity index (χ2n) is 2.05. The predicted octanol–water partition coefficient (Wildman–Crippen LogP) is 1.83. The molecule has 0 aliphatic rings. The van der Waals surface area contributed by atoms with E-state index in [9.17, 15) is 0 Å². The van der Waals surface area contributed by atoms with Gasteiger partial charge in [0.15, 0.2) is 0 Å². The Hall–Kier alpha value is -0.292. The van der Waals surface area contributed by atoms with Crippen LogP contribution in [0.5, 0.6) is 0 Å². The van der Waals surface area contributed by atoms with Crippen molar-refractivity contribution in [1.29, 1.82) is 0 Å². The van der Waals surface area contributed by atoms with E-state index >= 15 is 0 Å². The maximum atomic E-state index is 3.04. The van der Waals surface area contributed by atoms with Gasteiger partial charge in [-0.3, -0.25) is 0 Å². The van der Waals surface area contributed by atoms with Crippen LogP contribution in [0.3, 0.4) is 0 Å². The topological polar surface area (TPSA) is 12.0 Å². The molecule has 1 rings (SSSR count). The normalized spacial score (nSPS) is 8.20. The average molecular weight is 304 g/mol. The molecule has 0 bridgehead atoms. The summed E-state index contributed by atoms with van der Waals surface area (Å²) in [5.41, 5.74) is 2.36. The van der Waals surface area contributed by atoms with E-state index in [1.165, 1.54) is 5.56 Å². The molecule has 10 heavy (non-hydrogen) atoms. The molecule has 1 aromatic rings. The molecule has 0 saturated carbocycles. The minimum Gasteiger partial charge on any atom is -0.439 e. The van der Waals surface area contributed by atoms with Gasteiger partial charge in [0.25, 0.3) is 0 Å². The van der Waals surface area contributed by atoms with Gasteiger partial charge in [-0.2, -0.15) is 23.8 Å². The summed E-state index contributed by atoms with van der Waals surface area (Å²) in [7, 11) is 1.91. The molecule has 0 aliphatic heterocycles. The van der Waals surface area contributed by atoms with E-state index < -0.39 is 0 Å². The first-order valence-corrected chi connectivity index (χ1v) is 2.98. The maximum Gasteiger partial charge on any atom is 0 e. The van der Waals surface area contributed by atoms with Crippen LogP contribution in [-0.2, 0) is 21.1 Å². The van der Waals surface area contributed by atoms with Crippen LogP contribution in [-0.4, -0.2) is 7.05 Å². The summed E-state index contributed by atoms with van der Waals surface area (Å²) in [5, 5.41) is 3.04. The molecule has 2 heteroatoms. The van der Waals surface area contributed by atoms with Gasteiger partial charge >= 0.3 is 0 Å². The van der Waals surface area contributed by atoms with Crippen molar-refractivity contribution < 1.29 is 21.1 Å². The van der Waals surface area contributed by atoms with Crippen LogP contribution in [0.2, 0.25) is 0 Å². The van der Waals surface area contributed by atoms with Crippen molar-refractivity contribution in [1.82, 2.24) is 0 Å². The largest absolute Gasteiger partial charge is 0.439 e. The first kappa shape index (κ1) is 9.71. The summed E-state index contributed by atoms with van der Waals surface area (Å²) in [6, 6.07) is 8.98. The van der Waals surface area contributed by atoms with E-state index in [-0.39, 0.29) is 21.1 Å². The Bertz CT molecular complexity index is 198. The third-order valence-corrected chi connectivity index (χ3v) is 1.22. The summed E-state index contributed by atoms with van der Waals surface area (Å²) < 4.78 is 0. The van der Waals surface area contributed by atoms with E-state index in [2.05, 4.69) is 24.4 Å². The summed E-state index contributed by atoms with van der Waals surface area (Å²) in [6.07, 6.45) is 0. The number of hydrogen-bond donors (Lipinski definition) is 1. The fourth-order valence-electron chi connectivity index (χ4n) is 0.736. The Kier molecular flexibility index (Phi) is 4.38. The maximum absolute atomic E-state index is 3.04. The first-order chi connectivity index (χ1) is 4.33. The molecule has 0 amide bonds. The molecule has 0 fully saturated rings. The van der Waals surface area contributed by atoms with Crippen LogP contribution >= 0.6 is 0 Å². The van der Waals surface area contributed by atoms with E-state index in [0.717, 1.165) is 5.69 Å². The van der Waals surface area contributed by atoms with Crippen LogP contribution in [0.25, 0.3) is 0 Å². The van der Waals surface area contributed by atoms with Gasteiger partial charge in [0.1, 0.15) is 0 Å². The van der Waals surface area contributed by atoms with Crippen LogP contribution in [0.4, 0.5) is 5.69 Å². The van der Waals surface area contributed by atoms with Crippen LogP contribution < -0.4 is 5.32 Å². The van der Waals surface area contributed by atoms with E-state index in [4.69, 9.17) is 0 Å². The minimum atomic E-state index is 0. The van der Waals surface area contributed by atoms with Gasteiger partial charge in [0.2, 0.25) is 0 Å². The van der Waals surface area contributed by atoms with E-state index in [1.807, 2.05) is 19.2 Å². The van der Waals surface area contributed by atoms with Crippen molar-refractivity contribution in [2.75, 3.05) is 12.4 Å². The smallest absolute Gasteiger partial charge is 0 e. The zero-order chi connectivity index (χ0) is 6.69. The predicted molar refractivity (Wildman–Crippen MR) is 39.6 cm³/mol. The Morgan fingerprint density at radius 2 is 2.10 bits per heavy atom. The molecule has 54 valence electrons. The number of anilines is 1. The Balaban J connectivity index is 0.000000810. The molecule has 0 saturated heterocycles. The van der Waals surface area contributed by atoms with Gasteiger partial charge in [-0.05, 0) is 7.05 Å². The van der Waals surface area contributed by atoms with Crippen molar-refractivity contribution in [2.45, 2.75) is 6.92 Å². The Morgan fingerprint density at radius 1 is 1.40 bits per heavy atom. The molecule has 0 unspecified atom stereocenters. The molecule has 0 radical (unpaired) electrons. The zero-order valence-corrected chi connectivity index (χ0v) is 9.07. The fourth-order valence-corrected chi connectivity index (χ4v) is 0.736. The summed E-state index contributed by atoms with van der Waals surface area (Å²) >= 11 is 0. The van der Waals surface area contributed by atoms with Crippen LogP contribution in [0.1, 0.15) is 5.56 Å². The molecule has 1 nitrogen and oxygen atoms in total. The van der Waals surface area contributed by atoms with Gasteiger partial charge < -0.3 is 5.32 Å². The standard InChI is InChI=1S/C8H10N.W/c1-7-4-3-5-8(6-7)9-2;/h4-6,9H,1-2H3;/q-1;.